The Morgan fingerprint density at radius 3 is 2.42 bits per heavy atom. The van der Waals surface area contributed by atoms with E-state index in [1.54, 1.807) is 7.11 Å². The third-order valence-electron chi connectivity index (χ3n) is 4.25. The third kappa shape index (κ3) is 2.22. The average Bonchev–Trinajstić information content (AvgIpc) is 2.88. The zero-order chi connectivity index (χ0) is 14.0. The fourth-order valence-corrected chi connectivity index (χ4v) is 3.31. The summed E-state index contributed by atoms with van der Waals surface area (Å²) in [5.41, 5.74) is 1.29. The van der Waals surface area contributed by atoms with Crippen molar-refractivity contribution in [2.45, 2.75) is 50.9 Å². The van der Waals surface area contributed by atoms with Gasteiger partial charge in [0.1, 0.15) is 5.75 Å². The molecule has 0 unspecified atom stereocenters. The number of carboxylic acids is 1. The molecule has 1 aliphatic rings. The summed E-state index contributed by atoms with van der Waals surface area (Å²) in [6.45, 7) is 4.18. The minimum atomic E-state index is -0.714. The molecule has 3 heteroatoms. The van der Waals surface area contributed by atoms with Gasteiger partial charge < -0.3 is 9.84 Å². The monoisotopic (exact) mass is 262 g/mol. The second-order valence-electron chi connectivity index (χ2n) is 5.67. The lowest BCUT2D eigenvalue weighted by molar-refractivity contribution is -0.143. The van der Waals surface area contributed by atoms with Crippen molar-refractivity contribution in [2.24, 2.45) is 0 Å². The molecule has 0 aliphatic heterocycles. The van der Waals surface area contributed by atoms with Crippen LogP contribution in [0, 0.1) is 0 Å². The van der Waals surface area contributed by atoms with E-state index in [1.165, 1.54) is 0 Å². The zero-order valence-corrected chi connectivity index (χ0v) is 11.9. The van der Waals surface area contributed by atoms with Crippen molar-refractivity contribution in [3.05, 3.63) is 29.3 Å². The predicted octanol–water partition coefficient (Wildman–Crippen LogP) is 3.72. The fourth-order valence-electron chi connectivity index (χ4n) is 3.31. The van der Waals surface area contributed by atoms with E-state index in [0.29, 0.717) is 0 Å². The lowest BCUT2D eigenvalue weighted by Crippen LogP contribution is -2.34. The molecule has 1 aromatic carbocycles. The number of methoxy groups -OCH3 is 1. The highest BCUT2D eigenvalue weighted by atomic mass is 16.5. The summed E-state index contributed by atoms with van der Waals surface area (Å²) in [5.74, 6) is 0.364. The summed E-state index contributed by atoms with van der Waals surface area (Å²) in [6, 6.07) is 5.80. The van der Waals surface area contributed by atoms with Crippen LogP contribution in [0.25, 0.3) is 0 Å². The molecule has 1 fully saturated rings. The van der Waals surface area contributed by atoms with Crippen molar-refractivity contribution in [3.8, 4) is 5.75 Å². The molecule has 1 N–H and O–H groups in total. The Bertz CT molecular complexity index is 471. The molecule has 104 valence electrons. The van der Waals surface area contributed by atoms with Crippen LogP contribution in [0.15, 0.2) is 18.2 Å². The van der Waals surface area contributed by atoms with Crippen LogP contribution in [0.4, 0.5) is 0 Å². The largest absolute Gasteiger partial charge is 0.496 e. The molecule has 0 aromatic heterocycles. The molecule has 3 nitrogen and oxygen atoms in total. The van der Waals surface area contributed by atoms with Gasteiger partial charge in [-0.1, -0.05) is 38.8 Å². The summed E-state index contributed by atoms with van der Waals surface area (Å²) in [5, 5.41) is 9.75. The first kappa shape index (κ1) is 13.9. The van der Waals surface area contributed by atoms with Gasteiger partial charge in [-0.2, -0.15) is 0 Å². The van der Waals surface area contributed by atoms with Gasteiger partial charge in [0.05, 0.1) is 12.5 Å². The van der Waals surface area contributed by atoms with E-state index in [2.05, 4.69) is 13.8 Å². The summed E-state index contributed by atoms with van der Waals surface area (Å²) in [4.78, 5) is 11.9. The highest BCUT2D eigenvalue weighted by molar-refractivity contribution is 5.83. The topological polar surface area (TPSA) is 46.5 Å². The zero-order valence-electron chi connectivity index (χ0n) is 11.9. The van der Waals surface area contributed by atoms with E-state index in [4.69, 9.17) is 4.74 Å². The Labute approximate surface area is 114 Å². The van der Waals surface area contributed by atoms with E-state index >= 15 is 0 Å². The van der Waals surface area contributed by atoms with Crippen molar-refractivity contribution in [1.82, 2.24) is 0 Å². The Morgan fingerprint density at radius 2 is 1.95 bits per heavy atom. The molecule has 1 saturated carbocycles. The van der Waals surface area contributed by atoms with Gasteiger partial charge in [-0.25, -0.2) is 0 Å². The molecule has 0 radical (unpaired) electrons. The highest BCUT2D eigenvalue weighted by Crippen LogP contribution is 2.46. The van der Waals surface area contributed by atoms with Gasteiger partial charge in [0.2, 0.25) is 0 Å². The van der Waals surface area contributed by atoms with Crippen molar-refractivity contribution < 1.29 is 14.6 Å². The van der Waals surface area contributed by atoms with E-state index < -0.39 is 11.4 Å². The molecule has 1 aromatic rings. The molecule has 0 amide bonds. The van der Waals surface area contributed by atoms with Gasteiger partial charge in [-0.3, -0.25) is 4.79 Å². The molecule has 19 heavy (non-hydrogen) atoms. The molecule has 0 saturated heterocycles. The maximum atomic E-state index is 11.9. The molecule has 0 bridgehead atoms. The van der Waals surface area contributed by atoms with Crippen molar-refractivity contribution in [1.29, 1.82) is 0 Å². The van der Waals surface area contributed by atoms with Crippen LogP contribution in [0.2, 0.25) is 0 Å². The number of carbonyl (C=O) groups is 1. The predicted molar refractivity (Wildman–Crippen MR) is 74.9 cm³/mol. The number of rotatable bonds is 4. The summed E-state index contributed by atoms with van der Waals surface area (Å²) < 4.78 is 5.44. The summed E-state index contributed by atoms with van der Waals surface area (Å²) in [7, 11) is 1.65. The standard InChI is InChI=1S/C16H22O3/c1-11(2)14-12(7-6-8-13(14)19-3)16(15(17)18)9-4-5-10-16/h6-8,11H,4-5,9-10H2,1-3H3,(H,17,18). The van der Waals surface area contributed by atoms with Gasteiger partial charge in [-0.15, -0.1) is 0 Å². The quantitative estimate of drug-likeness (QED) is 0.899. The van der Waals surface area contributed by atoms with Gasteiger partial charge in [0, 0.05) is 5.56 Å². The lowest BCUT2D eigenvalue weighted by Gasteiger charge is -2.29. The van der Waals surface area contributed by atoms with Crippen LogP contribution in [-0.2, 0) is 10.2 Å². The van der Waals surface area contributed by atoms with Gasteiger partial charge in [0.15, 0.2) is 0 Å². The first-order valence-electron chi connectivity index (χ1n) is 6.93. The smallest absolute Gasteiger partial charge is 0.314 e. The maximum Gasteiger partial charge on any atom is 0.314 e. The Morgan fingerprint density at radius 1 is 1.32 bits per heavy atom. The van der Waals surface area contributed by atoms with Gasteiger partial charge in [0.25, 0.3) is 0 Å². The van der Waals surface area contributed by atoms with E-state index in [-0.39, 0.29) is 5.92 Å². The van der Waals surface area contributed by atoms with Crippen LogP contribution < -0.4 is 4.74 Å². The third-order valence-corrected chi connectivity index (χ3v) is 4.25. The van der Waals surface area contributed by atoms with Crippen molar-refractivity contribution in [3.63, 3.8) is 0 Å². The van der Waals surface area contributed by atoms with Crippen LogP contribution in [-0.4, -0.2) is 18.2 Å². The maximum absolute atomic E-state index is 11.9. The number of carboxylic acid groups (broad SMARTS) is 1. The normalized spacial score (nSPS) is 17.7. The summed E-state index contributed by atoms with van der Waals surface area (Å²) in [6.07, 6.45) is 3.44. The second-order valence-corrected chi connectivity index (χ2v) is 5.67. The van der Waals surface area contributed by atoms with Crippen molar-refractivity contribution in [2.75, 3.05) is 7.11 Å². The average molecular weight is 262 g/mol. The SMILES string of the molecule is COc1cccc(C2(C(=O)O)CCCC2)c1C(C)C. The van der Waals surface area contributed by atoms with E-state index in [9.17, 15) is 9.90 Å². The number of benzene rings is 1. The Balaban J connectivity index is 2.63. The fraction of sp³-hybridized carbons (Fsp3) is 0.562. The van der Waals surface area contributed by atoms with Gasteiger partial charge >= 0.3 is 5.97 Å². The van der Waals surface area contributed by atoms with Crippen LogP contribution >= 0.6 is 0 Å². The number of hydrogen-bond acceptors (Lipinski definition) is 2. The number of ether oxygens (including phenoxy) is 1. The first-order valence-corrected chi connectivity index (χ1v) is 6.93. The molecule has 2 rings (SSSR count). The molecule has 1 aliphatic carbocycles. The molecule has 0 heterocycles. The minimum absolute atomic E-state index is 0.253. The molecule has 0 spiro atoms. The molecular weight excluding hydrogens is 240 g/mol. The minimum Gasteiger partial charge on any atom is -0.496 e. The Kier molecular flexibility index (Phi) is 3.83. The first-order chi connectivity index (χ1) is 9.03. The molecule has 0 atom stereocenters. The Hall–Kier alpha value is -1.51. The second kappa shape index (κ2) is 5.24. The van der Waals surface area contributed by atoms with Crippen LogP contribution in [0.1, 0.15) is 56.6 Å². The lowest BCUT2D eigenvalue weighted by atomic mass is 9.74. The van der Waals surface area contributed by atoms with Crippen molar-refractivity contribution >= 4 is 5.97 Å². The van der Waals surface area contributed by atoms with E-state index in [1.807, 2.05) is 18.2 Å². The molecular formula is C16H22O3. The number of aliphatic carboxylic acids is 1. The highest BCUT2D eigenvalue weighted by Gasteiger charge is 2.44. The van der Waals surface area contributed by atoms with E-state index in [0.717, 1.165) is 42.6 Å². The summed E-state index contributed by atoms with van der Waals surface area (Å²) >= 11 is 0. The van der Waals surface area contributed by atoms with Crippen LogP contribution in [0.3, 0.4) is 0 Å². The van der Waals surface area contributed by atoms with Crippen LogP contribution in [0.5, 0.6) is 5.75 Å². The number of hydrogen-bond donors (Lipinski definition) is 1. The van der Waals surface area contributed by atoms with Gasteiger partial charge in [-0.05, 0) is 30.4 Å².